The van der Waals surface area contributed by atoms with E-state index in [-0.39, 0.29) is 13.1 Å². The van der Waals surface area contributed by atoms with Gasteiger partial charge in [0.2, 0.25) is 0 Å². The second-order valence-corrected chi connectivity index (χ2v) is 7.88. The van der Waals surface area contributed by atoms with Crippen molar-refractivity contribution >= 4 is 18.1 Å². The highest BCUT2D eigenvalue weighted by Gasteiger charge is 2.55. The Hall–Kier alpha value is -2.96. The number of hydrogen-bond donors (Lipinski definition) is 2. The number of fused-ring (bicyclic) bond motifs is 4. The van der Waals surface area contributed by atoms with E-state index in [1.165, 1.54) is 15.8 Å². The van der Waals surface area contributed by atoms with Crippen LogP contribution in [0.5, 0.6) is 0 Å². The van der Waals surface area contributed by atoms with Gasteiger partial charge < -0.3 is 20.0 Å². The minimum Gasteiger partial charge on any atom is -0.475 e. The maximum atomic E-state index is 13.6. The highest BCUT2D eigenvalue weighted by Crippen LogP contribution is 2.45. The second-order valence-electron chi connectivity index (χ2n) is 7.88. The van der Waals surface area contributed by atoms with Gasteiger partial charge in [-0.05, 0) is 20.8 Å². The molecule has 3 rings (SSSR count). The van der Waals surface area contributed by atoms with Crippen molar-refractivity contribution in [3.05, 3.63) is 17.5 Å². The maximum absolute atomic E-state index is 13.6. The number of hydrogen-bond acceptors (Lipinski definition) is 5. The van der Waals surface area contributed by atoms with Crippen molar-refractivity contribution in [2.24, 2.45) is 7.05 Å². The summed E-state index contributed by atoms with van der Waals surface area (Å²) in [5.41, 5.74) is 0.0615. The predicted molar refractivity (Wildman–Crippen MR) is 90.8 cm³/mol. The van der Waals surface area contributed by atoms with Gasteiger partial charge in [-0.3, -0.25) is 4.68 Å². The number of alkyl halides is 2. The van der Waals surface area contributed by atoms with E-state index in [1.54, 1.807) is 27.8 Å². The van der Waals surface area contributed by atoms with E-state index in [2.05, 4.69) is 9.94 Å². The monoisotopic (exact) mass is 417 g/mol. The Morgan fingerprint density at radius 2 is 1.97 bits per heavy atom. The Morgan fingerprint density at radius 3 is 2.48 bits per heavy atom. The first kappa shape index (κ1) is 20.8. The third kappa shape index (κ3) is 3.34. The molecule has 2 bridgehead atoms. The van der Waals surface area contributed by atoms with Gasteiger partial charge in [-0.15, -0.1) is 0 Å². The molecule has 13 heteroatoms. The molecule has 3 amide bonds. The SMILES string of the molecule is Cn1ncc2c1[C@@H](CN(C(=O)O)C(C)(C)C)N1C[C@H]2N(OC(F)(F)C(=O)O)C1=O. The molecule has 0 aromatic carbocycles. The number of carbonyl (C=O) groups is 3. The lowest BCUT2D eigenvalue weighted by molar-refractivity contribution is -0.328. The van der Waals surface area contributed by atoms with Crippen molar-refractivity contribution in [1.82, 2.24) is 24.6 Å². The summed E-state index contributed by atoms with van der Waals surface area (Å²) in [4.78, 5) is 41.9. The summed E-state index contributed by atoms with van der Waals surface area (Å²) >= 11 is 0. The normalized spacial score (nSPS) is 21.4. The molecular weight excluding hydrogens is 396 g/mol. The largest absolute Gasteiger partial charge is 0.476 e. The molecule has 2 N–H and O–H groups in total. The quantitative estimate of drug-likeness (QED) is 0.745. The number of rotatable bonds is 5. The molecule has 2 aliphatic rings. The first-order chi connectivity index (χ1) is 13.3. The molecule has 2 atom stereocenters. The van der Waals surface area contributed by atoms with Crippen LogP contribution in [0.2, 0.25) is 0 Å². The van der Waals surface area contributed by atoms with E-state index in [0.717, 1.165) is 4.90 Å². The number of urea groups is 1. The van der Waals surface area contributed by atoms with E-state index >= 15 is 0 Å². The number of amides is 3. The Kier molecular flexibility index (Phi) is 4.68. The van der Waals surface area contributed by atoms with E-state index in [9.17, 15) is 28.3 Å². The fourth-order valence-corrected chi connectivity index (χ4v) is 3.62. The summed E-state index contributed by atoms with van der Waals surface area (Å²) in [5, 5.41) is 22.7. The van der Waals surface area contributed by atoms with Crippen LogP contribution in [0.15, 0.2) is 6.20 Å². The molecular formula is C16H21F2N5O6. The van der Waals surface area contributed by atoms with Crippen molar-refractivity contribution in [2.75, 3.05) is 13.1 Å². The molecule has 160 valence electrons. The van der Waals surface area contributed by atoms with Gasteiger partial charge in [0, 0.05) is 18.2 Å². The first-order valence-corrected chi connectivity index (χ1v) is 8.68. The van der Waals surface area contributed by atoms with Crippen LogP contribution in [0, 0.1) is 0 Å². The standard InChI is InChI=1S/C16H21F2N5O6/c1-15(2,3)22(14(27)28)7-10-11-8(5-19-20(11)4)9-6-21(10)13(26)23(9)29-16(17,18)12(24)25/h5,9-10H,6-7H2,1-4H3,(H,24,25)(H,27,28)/t9-,10-/m1/s1. The van der Waals surface area contributed by atoms with Gasteiger partial charge in [0.05, 0.1) is 31.0 Å². The molecule has 1 aromatic heterocycles. The zero-order valence-corrected chi connectivity index (χ0v) is 16.2. The third-order valence-electron chi connectivity index (χ3n) is 5.01. The lowest BCUT2D eigenvalue weighted by atomic mass is 9.96. The molecule has 2 aliphatic heterocycles. The molecule has 3 heterocycles. The summed E-state index contributed by atoms with van der Waals surface area (Å²) in [6.45, 7) is 4.85. The van der Waals surface area contributed by atoms with E-state index in [4.69, 9.17) is 5.11 Å². The van der Waals surface area contributed by atoms with Gasteiger partial charge in [-0.25, -0.2) is 14.4 Å². The molecule has 0 unspecified atom stereocenters. The van der Waals surface area contributed by atoms with Crippen LogP contribution in [-0.4, -0.2) is 77.7 Å². The molecule has 1 saturated heterocycles. The smallest absolute Gasteiger partial charge is 0.475 e. The van der Waals surface area contributed by atoms with E-state index in [1.807, 2.05) is 0 Å². The summed E-state index contributed by atoms with van der Waals surface area (Å²) in [6, 6.07) is -2.79. The summed E-state index contributed by atoms with van der Waals surface area (Å²) in [7, 11) is 1.58. The molecule has 1 aromatic rings. The van der Waals surface area contributed by atoms with Crippen molar-refractivity contribution < 1.29 is 38.2 Å². The molecule has 0 saturated carbocycles. The van der Waals surface area contributed by atoms with Gasteiger partial charge in [0.1, 0.15) is 6.04 Å². The van der Waals surface area contributed by atoms with Crippen LogP contribution in [-0.2, 0) is 16.7 Å². The summed E-state index contributed by atoms with van der Waals surface area (Å²) in [5.74, 6) is -2.53. The number of nitrogens with zero attached hydrogens (tertiary/aromatic N) is 5. The predicted octanol–water partition coefficient (Wildman–Crippen LogP) is 1.64. The van der Waals surface area contributed by atoms with Crippen LogP contribution in [0.4, 0.5) is 18.4 Å². The highest BCUT2D eigenvalue weighted by molar-refractivity contribution is 5.79. The summed E-state index contributed by atoms with van der Waals surface area (Å²) < 4.78 is 28.7. The molecule has 29 heavy (non-hydrogen) atoms. The zero-order valence-electron chi connectivity index (χ0n) is 16.2. The Labute approximate surface area is 164 Å². The number of hydroxylamine groups is 2. The average molecular weight is 417 g/mol. The fourth-order valence-electron chi connectivity index (χ4n) is 3.62. The van der Waals surface area contributed by atoms with Crippen molar-refractivity contribution in [2.45, 2.75) is 44.5 Å². The number of aromatic nitrogens is 2. The number of halogens is 2. The molecule has 0 radical (unpaired) electrons. The van der Waals surface area contributed by atoms with Gasteiger partial charge in [-0.1, -0.05) is 0 Å². The van der Waals surface area contributed by atoms with Gasteiger partial charge in [-0.2, -0.15) is 23.8 Å². The van der Waals surface area contributed by atoms with E-state index < -0.39 is 41.8 Å². The number of carboxylic acid groups (broad SMARTS) is 2. The third-order valence-corrected chi connectivity index (χ3v) is 5.01. The molecule has 0 aliphatic carbocycles. The average Bonchev–Trinajstić information content (AvgIpc) is 3.08. The van der Waals surface area contributed by atoms with Crippen molar-refractivity contribution in [1.29, 1.82) is 0 Å². The molecule has 1 fully saturated rings. The number of carbonyl (C=O) groups excluding carboxylic acids is 1. The molecule has 11 nitrogen and oxygen atoms in total. The van der Waals surface area contributed by atoms with Crippen LogP contribution in [0.25, 0.3) is 0 Å². The van der Waals surface area contributed by atoms with Crippen LogP contribution in [0.3, 0.4) is 0 Å². The minimum absolute atomic E-state index is 0.0739. The summed E-state index contributed by atoms with van der Waals surface area (Å²) in [6.07, 6.45) is -4.44. The number of carboxylic acids is 1. The molecule has 0 spiro atoms. The number of aryl methyl sites for hydroxylation is 1. The second kappa shape index (κ2) is 6.54. The van der Waals surface area contributed by atoms with Crippen LogP contribution in [0.1, 0.15) is 44.1 Å². The van der Waals surface area contributed by atoms with Gasteiger partial charge >= 0.3 is 24.2 Å². The lowest BCUT2D eigenvalue weighted by Crippen LogP contribution is -2.50. The van der Waals surface area contributed by atoms with Gasteiger partial charge in [0.25, 0.3) is 0 Å². The van der Waals surface area contributed by atoms with Crippen LogP contribution >= 0.6 is 0 Å². The lowest BCUT2D eigenvalue weighted by Gasteiger charge is -2.39. The maximum Gasteiger partial charge on any atom is 0.476 e. The first-order valence-electron chi connectivity index (χ1n) is 8.68. The zero-order chi connectivity index (χ0) is 21.9. The van der Waals surface area contributed by atoms with Crippen molar-refractivity contribution in [3.63, 3.8) is 0 Å². The Balaban J connectivity index is 2.01. The minimum atomic E-state index is -4.61. The Morgan fingerprint density at radius 1 is 1.34 bits per heavy atom. The Bertz CT molecular complexity index is 866. The van der Waals surface area contributed by atoms with E-state index in [0.29, 0.717) is 16.3 Å². The highest BCUT2D eigenvalue weighted by atomic mass is 19.3. The van der Waals surface area contributed by atoms with Crippen LogP contribution < -0.4 is 0 Å². The number of aliphatic carboxylic acids is 1. The van der Waals surface area contributed by atoms with Gasteiger partial charge in [0.15, 0.2) is 0 Å². The fraction of sp³-hybridized carbons (Fsp3) is 0.625. The topological polar surface area (TPSA) is 128 Å². The van der Waals surface area contributed by atoms with Crippen molar-refractivity contribution in [3.8, 4) is 0 Å².